The third kappa shape index (κ3) is 2.85. The van der Waals surface area contributed by atoms with Crippen molar-refractivity contribution in [3.63, 3.8) is 0 Å². The molecule has 0 saturated carbocycles. The molecule has 5 heteroatoms. The van der Waals surface area contributed by atoms with E-state index in [1.807, 2.05) is 12.1 Å². The molecule has 18 heavy (non-hydrogen) atoms. The van der Waals surface area contributed by atoms with Crippen LogP contribution in [0.3, 0.4) is 0 Å². The predicted molar refractivity (Wildman–Crippen MR) is 64.9 cm³/mol. The number of amides is 1. The van der Waals surface area contributed by atoms with Gasteiger partial charge in [0, 0.05) is 25.4 Å². The molecule has 1 aliphatic heterocycles. The van der Waals surface area contributed by atoms with Crippen molar-refractivity contribution in [2.75, 3.05) is 6.54 Å². The molecule has 5 nitrogen and oxygen atoms in total. The van der Waals surface area contributed by atoms with Crippen molar-refractivity contribution in [1.29, 1.82) is 0 Å². The van der Waals surface area contributed by atoms with Crippen LogP contribution in [0.1, 0.15) is 24.8 Å². The Kier molecular flexibility index (Phi) is 3.92. The van der Waals surface area contributed by atoms with E-state index in [0.717, 1.165) is 12.0 Å². The van der Waals surface area contributed by atoms with E-state index < -0.39 is 12.0 Å². The topological polar surface area (TPSA) is 70.5 Å². The molecule has 1 aromatic heterocycles. The lowest BCUT2D eigenvalue weighted by Crippen LogP contribution is -2.40. The fraction of sp³-hybridized carbons (Fsp3) is 0.462. The number of hydrogen-bond acceptors (Lipinski definition) is 3. The van der Waals surface area contributed by atoms with Gasteiger partial charge in [-0.2, -0.15) is 0 Å². The molecular formula is C13H16N2O3. The van der Waals surface area contributed by atoms with Crippen LogP contribution in [-0.4, -0.2) is 39.5 Å². The summed E-state index contributed by atoms with van der Waals surface area (Å²) >= 11 is 0. The first-order chi connectivity index (χ1) is 8.68. The summed E-state index contributed by atoms with van der Waals surface area (Å²) < 4.78 is 0. The highest BCUT2D eigenvalue weighted by atomic mass is 16.4. The first-order valence-electron chi connectivity index (χ1n) is 6.09. The van der Waals surface area contributed by atoms with Crippen LogP contribution >= 0.6 is 0 Å². The molecular weight excluding hydrogens is 232 g/mol. The van der Waals surface area contributed by atoms with Crippen molar-refractivity contribution in [1.82, 2.24) is 9.88 Å². The second kappa shape index (κ2) is 5.62. The van der Waals surface area contributed by atoms with E-state index in [4.69, 9.17) is 5.11 Å². The second-order valence-electron chi connectivity index (χ2n) is 4.44. The number of aryl methyl sites for hydroxylation is 1. The molecule has 1 amide bonds. The number of carbonyl (C=O) groups excluding carboxylic acids is 1. The summed E-state index contributed by atoms with van der Waals surface area (Å²) in [6, 6.07) is 3.11. The molecule has 0 bridgehead atoms. The third-order valence-electron chi connectivity index (χ3n) is 3.21. The number of pyridine rings is 1. The maximum Gasteiger partial charge on any atom is 0.326 e. The van der Waals surface area contributed by atoms with Crippen molar-refractivity contribution < 1.29 is 14.7 Å². The normalized spacial score (nSPS) is 18.9. The molecule has 0 radical (unpaired) electrons. The van der Waals surface area contributed by atoms with Crippen LogP contribution in [0.2, 0.25) is 0 Å². The first-order valence-corrected chi connectivity index (χ1v) is 6.09. The van der Waals surface area contributed by atoms with Gasteiger partial charge in [-0.05, 0) is 30.9 Å². The zero-order valence-corrected chi connectivity index (χ0v) is 10.1. The van der Waals surface area contributed by atoms with E-state index in [-0.39, 0.29) is 5.91 Å². The average molecular weight is 248 g/mol. The summed E-state index contributed by atoms with van der Waals surface area (Å²) in [6.45, 7) is 0.558. The SMILES string of the molecule is O=C(O)[C@@H]1CCCN1C(=O)CCc1cccnc1. The number of carboxylic acids is 1. The van der Waals surface area contributed by atoms with Gasteiger partial charge in [0.15, 0.2) is 0 Å². The van der Waals surface area contributed by atoms with Gasteiger partial charge in [0.1, 0.15) is 6.04 Å². The van der Waals surface area contributed by atoms with E-state index in [0.29, 0.717) is 25.8 Å². The summed E-state index contributed by atoms with van der Waals surface area (Å²) in [5.74, 6) is -0.981. The number of aliphatic carboxylic acids is 1. The molecule has 2 rings (SSSR count). The fourth-order valence-electron chi connectivity index (χ4n) is 2.26. The van der Waals surface area contributed by atoms with E-state index in [1.54, 1.807) is 12.4 Å². The molecule has 1 aliphatic rings. The molecule has 2 heterocycles. The number of carboxylic acid groups (broad SMARTS) is 1. The van der Waals surface area contributed by atoms with Crippen molar-refractivity contribution in [3.05, 3.63) is 30.1 Å². The fourth-order valence-corrected chi connectivity index (χ4v) is 2.26. The Morgan fingerprint density at radius 2 is 2.33 bits per heavy atom. The highest BCUT2D eigenvalue weighted by molar-refractivity contribution is 5.84. The number of carbonyl (C=O) groups is 2. The Morgan fingerprint density at radius 1 is 1.50 bits per heavy atom. The molecule has 0 aromatic carbocycles. The summed E-state index contributed by atoms with van der Waals surface area (Å²) in [5, 5.41) is 9.01. The Labute approximate surface area is 105 Å². The van der Waals surface area contributed by atoms with Crippen LogP contribution in [0.4, 0.5) is 0 Å². The Balaban J connectivity index is 1.90. The minimum atomic E-state index is -0.901. The van der Waals surface area contributed by atoms with Gasteiger partial charge in [0.05, 0.1) is 0 Å². The van der Waals surface area contributed by atoms with Gasteiger partial charge in [-0.15, -0.1) is 0 Å². The monoisotopic (exact) mass is 248 g/mol. The van der Waals surface area contributed by atoms with Gasteiger partial charge in [0.2, 0.25) is 5.91 Å². The third-order valence-corrected chi connectivity index (χ3v) is 3.21. The molecule has 0 spiro atoms. The molecule has 0 unspecified atom stereocenters. The molecule has 0 aliphatic carbocycles. The van der Waals surface area contributed by atoms with E-state index in [9.17, 15) is 9.59 Å². The van der Waals surface area contributed by atoms with Gasteiger partial charge in [-0.1, -0.05) is 6.07 Å². The number of aromatic nitrogens is 1. The standard InChI is InChI=1S/C13H16N2O3/c16-12(6-5-10-3-1-7-14-9-10)15-8-2-4-11(15)13(17)18/h1,3,7,9,11H,2,4-6,8H2,(H,17,18)/t11-/m0/s1. The minimum absolute atomic E-state index is 0.0799. The lowest BCUT2D eigenvalue weighted by molar-refractivity contribution is -0.148. The number of likely N-dealkylation sites (tertiary alicyclic amines) is 1. The summed E-state index contributed by atoms with van der Waals surface area (Å²) in [7, 11) is 0. The van der Waals surface area contributed by atoms with Gasteiger partial charge in [0.25, 0.3) is 0 Å². The minimum Gasteiger partial charge on any atom is -0.480 e. The van der Waals surface area contributed by atoms with Crippen LogP contribution < -0.4 is 0 Å². The molecule has 1 saturated heterocycles. The Morgan fingerprint density at radius 3 is 3.00 bits per heavy atom. The maximum atomic E-state index is 12.0. The van der Waals surface area contributed by atoms with E-state index in [1.165, 1.54) is 4.90 Å². The van der Waals surface area contributed by atoms with Crippen LogP contribution in [0, 0.1) is 0 Å². The largest absolute Gasteiger partial charge is 0.480 e. The highest BCUT2D eigenvalue weighted by Gasteiger charge is 2.33. The van der Waals surface area contributed by atoms with Gasteiger partial charge >= 0.3 is 5.97 Å². The number of nitrogens with zero attached hydrogens (tertiary/aromatic N) is 2. The summed E-state index contributed by atoms with van der Waals surface area (Å²) in [6.07, 6.45) is 5.70. The molecule has 1 N–H and O–H groups in total. The number of rotatable bonds is 4. The molecule has 96 valence electrons. The quantitative estimate of drug-likeness (QED) is 0.865. The average Bonchev–Trinajstić information content (AvgIpc) is 2.86. The number of hydrogen-bond donors (Lipinski definition) is 1. The smallest absolute Gasteiger partial charge is 0.326 e. The molecule has 1 aromatic rings. The van der Waals surface area contributed by atoms with Crippen molar-refractivity contribution in [2.45, 2.75) is 31.7 Å². The van der Waals surface area contributed by atoms with Gasteiger partial charge < -0.3 is 10.0 Å². The first kappa shape index (κ1) is 12.5. The zero-order chi connectivity index (χ0) is 13.0. The maximum absolute atomic E-state index is 12.0. The van der Waals surface area contributed by atoms with Crippen molar-refractivity contribution in [3.8, 4) is 0 Å². The lowest BCUT2D eigenvalue weighted by Gasteiger charge is -2.21. The second-order valence-corrected chi connectivity index (χ2v) is 4.44. The predicted octanol–water partition coefficient (Wildman–Crippen LogP) is 1.09. The van der Waals surface area contributed by atoms with Gasteiger partial charge in [-0.25, -0.2) is 4.79 Å². The lowest BCUT2D eigenvalue weighted by atomic mass is 10.1. The van der Waals surface area contributed by atoms with Crippen molar-refractivity contribution in [2.24, 2.45) is 0 Å². The van der Waals surface area contributed by atoms with E-state index in [2.05, 4.69) is 4.98 Å². The Hall–Kier alpha value is -1.91. The highest BCUT2D eigenvalue weighted by Crippen LogP contribution is 2.19. The molecule has 1 fully saturated rings. The van der Waals surface area contributed by atoms with Crippen LogP contribution in [0.25, 0.3) is 0 Å². The van der Waals surface area contributed by atoms with Gasteiger partial charge in [-0.3, -0.25) is 9.78 Å². The summed E-state index contributed by atoms with van der Waals surface area (Å²) in [4.78, 5) is 28.4. The van der Waals surface area contributed by atoms with Crippen molar-refractivity contribution >= 4 is 11.9 Å². The van der Waals surface area contributed by atoms with E-state index >= 15 is 0 Å². The Bertz CT molecular complexity index is 433. The zero-order valence-electron chi connectivity index (χ0n) is 10.1. The van der Waals surface area contributed by atoms with Crippen LogP contribution in [-0.2, 0) is 16.0 Å². The molecule has 1 atom stereocenters. The summed E-state index contributed by atoms with van der Waals surface area (Å²) in [5.41, 5.74) is 0.997. The van der Waals surface area contributed by atoms with Crippen LogP contribution in [0.15, 0.2) is 24.5 Å². The van der Waals surface area contributed by atoms with Crippen LogP contribution in [0.5, 0.6) is 0 Å².